The number of carbonyl (C=O) groups is 7. The van der Waals surface area contributed by atoms with Crippen LogP contribution in [0.4, 0.5) is 4.79 Å². The first-order valence-corrected chi connectivity index (χ1v) is 20.3. The maximum atomic E-state index is 15.0. The molecule has 1 unspecified atom stereocenters. The summed E-state index contributed by atoms with van der Waals surface area (Å²) in [6.45, 7) is 13.6. The van der Waals surface area contributed by atoms with Crippen molar-refractivity contribution < 1.29 is 33.6 Å². The van der Waals surface area contributed by atoms with Crippen LogP contribution >= 0.6 is 0 Å². The van der Waals surface area contributed by atoms with Gasteiger partial charge in [0.25, 0.3) is 5.91 Å². The van der Waals surface area contributed by atoms with E-state index in [0.29, 0.717) is 6.54 Å². The molecule has 0 bridgehead atoms. The third-order valence-corrected chi connectivity index (χ3v) is 13.0. The van der Waals surface area contributed by atoms with Gasteiger partial charge in [-0.2, -0.15) is 0 Å². The zero-order valence-electron chi connectivity index (χ0n) is 33.5. The third kappa shape index (κ3) is 9.61. The number of imide groups is 1. The molecule has 1 spiro atoms. The van der Waals surface area contributed by atoms with Gasteiger partial charge in [0.1, 0.15) is 12.1 Å². The summed E-state index contributed by atoms with van der Waals surface area (Å²) in [5.41, 5.74) is -0.884. The third-order valence-electron chi connectivity index (χ3n) is 13.0. The van der Waals surface area contributed by atoms with Crippen molar-refractivity contribution in [1.29, 1.82) is 0 Å². The maximum Gasteiger partial charge on any atom is 0.315 e. The lowest BCUT2D eigenvalue weighted by Gasteiger charge is -2.40. The van der Waals surface area contributed by atoms with Crippen molar-refractivity contribution >= 4 is 41.4 Å². The van der Waals surface area contributed by atoms with Gasteiger partial charge in [0.15, 0.2) is 0 Å². The smallest absolute Gasteiger partial charge is 0.315 e. The standard InChI is InChI=1S/C42H62N6O7/c1-8-10-16-29(35(51)37(53)43-21-9-2)44-36(52)34-27-17-18-42(19-20-42)28(27)24-48(34)38(54)33(26-14-12-11-13-15-26)46-39(55)45-30(40(3,4)5)25-47-31(49)22-41(6,7)23-32(47)50/h1,9,26-30,33-34H,2,10-25H2,3-7H3,(H,43,53)(H,44,52)(H2,45,46,55)/t27-,28-,29?,30+,33-,34-/m0/s1. The van der Waals surface area contributed by atoms with E-state index in [-0.39, 0.29) is 79.7 Å². The van der Waals surface area contributed by atoms with Crippen LogP contribution in [0.1, 0.15) is 118 Å². The fourth-order valence-electron chi connectivity index (χ4n) is 9.57. The Hall–Kier alpha value is -4.21. The highest BCUT2D eigenvalue weighted by molar-refractivity contribution is 6.38. The Labute approximate surface area is 326 Å². The summed E-state index contributed by atoms with van der Waals surface area (Å²) in [6, 6.07) is -4.16. The van der Waals surface area contributed by atoms with Gasteiger partial charge in [-0.05, 0) is 78.9 Å². The lowest BCUT2D eigenvalue weighted by molar-refractivity contribution is -0.153. The molecule has 4 N–H and O–H groups in total. The minimum absolute atomic E-state index is 0.0116. The predicted octanol–water partition coefficient (Wildman–Crippen LogP) is 3.61. The Morgan fingerprint density at radius 3 is 2.20 bits per heavy atom. The van der Waals surface area contributed by atoms with Crippen molar-refractivity contribution in [3.8, 4) is 12.3 Å². The number of hydrogen-bond donors (Lipinski definition) is 4. The van der Waals surface area contributed by atoms with Crippen LogP contribution in [-0.2, 0) is 28.8 Å². The van der Waals surface area contributed by atoms with E-state index in [9.17, 15) is 33.6 Å². The van der Waals surface area contributed by atoms with Gasteiger partial charge in [-0.15, -0.1) is 18.9 Å². The lowest BCUT2D eigenvalue weighted by atomic mass is 9.80. The molecule has 0 radical (unpaired) electrons. The van der Waals surface area contributed by atoms with Crippen LogP contribution in [0, 0.1) is 46.3 Å². The molecule has 6 atom stereocenters. The largest absolute Gasteiger partial charge is 0.346 e. The molecule has 2 saturated heterocycles. The van der Waals surface area contributed by atoms with Crippen molar-refractivity contribution in [2.75, 3.05) is 19.6 Å². The van der Waals surface area contributed by atoms with Gasteiger partial charge in [-0.3, -0.25) is 33.7 Å². The molecule has 5 aliphatic rings. The van der Waals surface area contributed by atoms with Gasteiger partial charge >= 0.3 is 6.03 Å². The number of piperidine rings is 1. The normalized spacial score (nSPS) is 25.9. The Morgan fingerprint density at radius 1 is 0.964 bits per heavy atom. The maximum absolute atomic E-state index is 15.0. The highest BCUT2D eigenvalue weighted by Gasteiger charge is 2.64. The molecule has 5 fully saturated rings. The molecule has 0 aromatic carbocycles. The van der Waals surface area contributed by atoms with Crippen molar-refractivity contribution in [1.82, 2.24) is 31.1 Å². The van der Waals surface area contributed by atoms with Crippen LogP contribution in [0.15, 0.2) is 12.7 Å². The molecule has 55 heavy (non-hydrogen) atoms. The number of ketones is 1. The second-order valence-corrected chi connectivity index (χ2v) is 18.6. The van der Waals surface area contributed by atoms with Gasteiger partial charge in [-0.1, -0.05) is 60.0 Å². The van der Waals surface area contributed by atoms with E-state index < -0.39 is 58.6 Å². The molecule has 5 rings (SSSR count). The molecule has 2 aliphatic heterocycles. The summed E-state index contributed by atoms with van der Waals surface area (Å²) in [7, 11) is 0. The van der Waals surface area contributed by atoms with Gasteiger partial charge < -0.3 is 26.2 Å². The number of nitrogens with zero attached hydrogens (tertiary/aromatic N) is 2. The highest BCUT2D eigenvalue weighted by atomic mass is 16.2. The zero-order chi connectivity index (χ0) is 40.3. The average Bonchev–Trinajstić information content (AvgIpc) is 3.69. The SMILES string of the molecule is C#CCCC(NC(=O)[C@@H]1[C@H]2CCC3(CC3)[C@H]2CN1C(=O)[C@@H](NC(=O)N[C@H](CN1C(=O)CC(C)(C)CC1=O)C(C)(C)C)C1CCCCC1)C(=O)C(=O)NCC=C. The molecule has 0 aromatic heterocycles. The topological polar surface area (TPSA) is 174 Å². The number of hydrogen-bond acceptors (Lipinski definition) is 7. The van der Waals surface area contributed by atoms with Crippen molar-refractivity contribution in [3.63, 3.8) is 0 Å². The molecule has 302 valence electrons. The zero-order valence-corrected chi connectivity index (χ0v) is 33.5. The van der Waals surface area contributed by atoms with E-state index in [0.717, 1.165) is 57.8 Å². The van der Waals surface area contributed by atoms with E-state index in [1.165, 1.54) is 11.0 Å². The Bertz CT molecular complexity index is 1560. The van der Waals surface area contributed by atoms with E-state index in [1.807, 2.05) is 34.6 Å². The quantitative estimate of drug-likeness (QED) is 0.0906. The number of carbonyl (C=O) groups excluding carboxylic acids is 7. The lowest BCUT2D eigenvalue weighted by Crippen LogP contribution is -2.62. The molecule has 7 amide bonds. The molecule has 2 heterocycles. The first-order valence-electron chi connectivity index (χ1n) is 20.3. The van der Waals surface area contributed by atoms with Crippen LogP contribution in [0.5, 0.6) is 0 Å². The Balaban J connectivity index is 1.38. The van der Waals surface area contributed by atoms with Crippen molar-refractivity contribution in [2.45, 2.75) is 142 Å². The minimum Gasteiger partial charge on any atom is -0.346 e. The summed E-state index contributed by atoms with van der Waals surface area (Å²) >= 11 is 0. The second kappa shape index (κ2) is 16.9. The predicted molar refractivity (Wildman–Crippen MR) is 207 cm³/mol. The molecule has 3 saturated carbocycles. The van der Waals surface area contributed by atoms with E-state index in [2.05, 4.69) is 33.8 Å². The van der Waals surface area contributed by atoms with Crippen LogP contribution in [0.25, 0.3) is 0 Å². The number of fused-ring (bicyclic) bond motifs is 2. The summed E-state index contributed by atoms with van der Waals surface area (Å²) in [4.78, 5) is 98.3. The van der Waals surface area contributed by atoms with E-state index in [1.54, 1.807) is 4.90 Å². The molecule has 0 aromatic rings. The average molecular weight is 763 g/mol. The number of terminal acetylenes is 1. The summed E-state index contributed by atoms with van der Waals surface area (Å²) in [5.74, 6) is -0.731. The minimum atomic E-state index is -1.17. The number of urea groups is 1. The number of nitrogens with one attached hydrogen (secondary N) is 4. The highest BCUT2D eigenvalue weighted by Crippen LogP contribution is 2.66. The fraction of sp³-hybridized carbons (Fsp3) is 0.738. The van der Waals surface area contributed by atoms with Crippen LogP contribution < -0.4 is 21.3 Å². The summed E-state index contributed by atoms with van der Waals surface area (Å²) in [5, 5.41) is 11.3. The molecular weight excluding hydrogens is 700 g/mol. The molecule has 3 aliphatic carbocycles. The number of likely N-dealkylation sites (tertiary alicyclic amines) is 2. The fourth-order valence-corrected chi connectivity index (χ4v) is 9.57. The first kappa shape index (κ1) is 41.9. The van der Waals surface area contributed by atoms with Gasteiger partial charge in [-0.25, -0.2) is 4.79 Å². The summed E-state index contributed by atoms with van der Waals surface area (Å²) < 4.78 is 0. The Morgan fingerprint density at radius 2 is 1.62 bits per heavy atom. The second-order valence-electron chi connectivity index (χ2n) is 18.6. The van der Waals surface area contributed by atoms with Crippen LogP contribution in [0.2, 0.25) is 0 Å². The molecule has 13 heteroatoms. The van der Waals surface area contributed by atoms with Gasteiger partial charge in [0, 0.05) is 38.9 Å². The number of Topliss-reactive ketones (excluding diaryl/α,β-unsaturated/α-hetero) is 1. The van der Waals surface area contributed by atoms with E-state index >= 15 is 0 Å². The van der Waals surface area contributed by atoms with Gasteiger partial charge in [0.05, 0.1) is 12.1 Å². The van der Waals surface area contributed by atoms with Crippen LogP contribution in [0.3, 0.4) is 0 Å². The Kier molecular flexibility index (Phi) is 12.9. The van der Waals surface area contributed by atoms with Gasteiger partial charge in [0.2, 0.25) is 29.4 Å². The van der Waals surface area contributed by atoms with Crippen molar-refractivity contribution in [2.24, 2.45) is 34.0 Å². The first-order chi connectivity index (χ1) is 25.9. The van der Waals surface area contributed by atoms with Crippen LogP contribution in [-0.4, -0.2) is 95.0 Å². The number of rotatable bonds is 14. The monoisotopic (exact) mass is 762 g/mol. The molecule has 13 nitrogen and oxygen atoms in total. The number of amides is 7. The van der Waals surface area contributed by atoms with E-state index in [4.69, 9.17) is 6.42 Å². The van der Waals surface area contributed by atoms with Crippen molar-refractivity contribution in [3.05, 3.63) is 12.7 Å². The molecular formula is C42H62N6O7. The summed E-state index contributed by atoms with van der Waals surface area (Å²) in [6.07, 6.45) is 15.8.